The molecule has 0 saturated carbocycles. The van der Waals surface area contributed by atoms with Crippen molar-refractivity contribution in [2.24, 2.45) is 0 Å². The Morgan fingerprint density at radius 3 is 2.40 bits per heavy atom. The summed E-state index contributed by atoms with van der Waals surface area (Å²) in [7, 11) is 0. The van der Waals surface area contributed by atoms with Crippen LogP contribution in [0.5, 0.6) is 0 Å². The van der Waals surface area contributed by atoms with Gasteiger partial charge in [0.2, 0.25) is 0 Å². The minimum absolute atomic E-state index is 0.0981. The third kappa shape index (κ3) is 4.40. The lowest BCUT2D eigenvalue weighted by Gasteiger charge is -2.12. The molecule has 3 aromatic heterocycles. The van der Waals surface area contributed by atoms with Crippen molar-refractivity contribution in [1.82, 2.24) is 24.7 Å². The number of hydrogen-bond acceptors (Lipinski definition) is 5. The van der Waals surface area contributed by atoms with Crippen molar-refractivity contribution >= 4 is 22.8 Å². The van der Waals surface area contributed by atoms with Crippen LogP contribution in [0.2, 0.25) is 0 Å². The van der Waals surface area contributed by atoms with Gasteiger partial charge < -0.3 is 5.32 Å². The minimum Gasteiger partial charge on any atom is -0.306 e. The maximum absolute atomic E-state index is 13.6. The van der Waals surface area contributed by atoms with Gasteiger partial charge in [0.05, 0.1) is 22.8 Å². The molecule has 5 aromatic rings. The first kappa shape index (κ1) is 22.4. The average Bonchev–Trinajstić information content (AvgIpc) is 3.28. The van der Waals surface area contributed by atoms with Gasteiger partial charge in [-0.1, -0.05) is 54.6 Å². The van der Waals surface area contributed by atoms with E-state index < -0.39 is 0 Å². The Labute approximate surface area is 203 Å². The van der Waals surface area contributed by atoms with E-state index in [9.17, 15) is 4.79 Å². The number of amides is 1. The molecule has 0 fully saturated rings. The zero-order valence-electron chi connectivity index (χ0n) is 20.1. The SMILES string of the molecule is Cc1cc(NC(=O)c2cc(-c3ccccc3C)nc3c2cnn3C(C)C)nc(-c2ccccc2)n1. The molecule has 5 rings (SSSR count). The molecule has 1 N–H and O–H groups in total. The zero-order valence-corrected chi connectivity index (χ0v) is 20.1. The van der Waals surface area contributed by atoms with E-state index in [0.717, 1.165) is 28.1 Å². The molecule has 174 valence electrons. The highest BCUT2D eigenvalue weighted by Crippen LogP contribution is 2.29. The topological polar surface area (TPSA) is 85.6 Å². The number of carbonyl (C=O) groups excluding carboxylic acids is 1. The monoisotopic (exact) mass is 462 g/mol. The summed E-state index contributed by atoms with van der Waals surface area (Å²) in [4.78, 5) is 27.6. The lowest BCUT2D eigenvalue weighted by Crippen LogP contribution is -2.15. The van der Waals surface area contributed by atoms with Gasteiger partial charge in [-0.25, -0.2) is 19.6 Å². The van der Waals surface area contributed by atoms with Crippen LogP contribution in [0.25, 0.3) is 33.7 Å². The number of fused-ring (bicyclic) bond motifs is 1. The Bertz CT molecular complexity index is 1540. The number of rotatable bonds is 5. The van der Waals surface area contributed by atoms with E-state index >= 15 is 0 Å². The average molecular weight is 463 g/mol. The van der Waals surface area contributed by atoms with Crippen molar-refractivity contribution < 1.29 is 4.79 Å². The highest BCUT2D eigenvalue weighted by Gasteiger charge is 2.20. The number of aromatic nitrogens is 5. The van der Waals surface area contributed by atoms with Crippen LogP contribution in [-0.4, -0.2) is 30.6 Å². The summed E-state index contributed by atoms with van der Waals surface area (Å²) in [6.45, 7) is 8.01. The molecule has 7 nitrogen and oxygen atoms in total. The van der Waals surface area contributed by atoms with Gasteiger partial charge >= 0.3 is 0 Å². The smallest absolute Gasteiger partial charge is 0.257 e. The van der Waals surface area contributed by atoms with Crippen molar-refractivity contribution in [2.75, 3.05) is 5.32 Å². The van der Waals surface area contributed by atoms with Crippen molar-refractivity contribution in [3.05, 3.63) is 89.7 Å². The first-order chi connectivity index (χ1) is 16.9. The number of anilines is 1. The van der Waals surface area contributed by atoms with Gasteiger partial charge in [0.25, 0.3) is 5.91 Å². The van der Waals surface area contributed by atoms with E-state index in [-0.39, 0.29) is 11.9 Å². The summed E-state index contributed by atoms with van der Waals surface area (Å²) in [6.07, 6.45) is 1.71. The van der Waals surface area contributed by atoms with E-state index in [1.807, 2.05) is 93.0 Å². The molecule has 7 heteroatoms. The van der Waals surface area contributed by atoms with Crippen LogP contribution in [0.3, 0.4) is 0 Å². The van der Waals surface area contributed by atoms with Crippen LogP contribution in [0, 0.1) is 13.8 Å². The largest absolute Gasteiger partial charge is 0.306 e. The van der Waals surface area contributed by atoms with Gasteiger partial charge in [0.1, 0.15) is 5.82 Å². The standard InChI is InChI=1S/C28H26N6O/c1-17(2)34-27-23(16-29-34)22(15-24(31-27)21-13-9-8-10-18(21)3)28(35)33-25-14-19(4)30-26(32-25)20-11-6-5-7-12-20/h5-17H,1-4H3,(H,30,32,33,35). The Morgan fingerprint density at radius 2 is 1.66 bits per heavy atom. The molecular formula is C28H26N6O. The number of nitrogens with one attached hydrogen (secondary N) is 1. The van der Waals surface area contributed by atoms with Gasteiger partial charge in [-0.2, -0.15) is 5.10 Å². The number of pyridine rings is 1. The molecule has 0 spiro atoms. The highest BCUT2D eigenvalue weighted by atomic mass is 16.1. The lowest BCUT2D eigenvalue weighted by molar-refractivity contribution is 0.102. The van der Waals surface area contributed by atoms with Crippen molar-refractivity contribution in [2.45, 2.75) is 33.7 Å². The molecule has 2 aromatic carbocycles. The second-order valence-corrected chi connectivity index (χ2v) is 8.83. The number of aryl methyl sites for hydroxylation is 2. The van der Waals surface area contributed by atoms with Gasteiger partial charge in [0.15, 0.2) is 11.5 Å². The van der Waals surface area contributed by atoms with Gasteiger partial charge in [-0.15, -0.1) is 0 Å². The molecule has 0 atom stereocenters. The molecule has 0 bridgehead atoms. The zero-order chi connectivity index (χ0) is 24.5. The quantitative estimate of drug-likeness (QED) is 0.346. The van der Waals surface area contributed by atoms with Crippen LogP contribution in [-0.2, 0) is 0 Å². The summed E-state index contributed by atoms with van der Waals surface area (Å²) < 4.78 is 1.84. The van der Waals surface area contributed by atoms with E-state index in [1.165, 1.54) is 0 Å². The fourth-order valence-corrected chi connectivity index (χ4v) is 4.11. The predicted octanol–water partition coefficient (Wildman–Crippen LogP) is 6.01. The Hall–Kier alpha value is -4.39. The molecule has 3 heterocycles. The van der Waals surface area contributed by atoms with Crippen molar-refractivity contribution in [3.63, 3.8) is 0 Å². The van der Waals surface area contributed by atoms with Crippen LogP contribution in [0.1, 0.15) is 41.5 Å². The van der Waals surface area contributed by atoms with Crippen molar-refractivity contribution in [3.8, 4) is 22.6 Å². The predicted molar refractivity (Wildman–Crippen MR) is 138 cm³/mol. The Kier molecular flexibility index (Phi) is 5.82. The molecular weight excluding hydrogens is 436 g/mol. The highest BCUT2D eigenvalue weighted by molar-refractivity contribution is 6.12. The Morgan fingerprint density at radius 1 is 0.914 bits per heavy atom. The maximum Gasteiger partial charge on any atom is 0.257 e. The summed E-state index contributed by atoms with van der Waals surface area (Å²) >= 11 is 0. The van der Waals surface area contributed by atoms with E-state index in [4.69, 9.17) is 4.98 Å². The first-order valence-corrected chi connectivity index (χ1v) is 11.6. The molecule has 0 saturated heterocycles. The van der Waals surface area contributed by atoms with Crippen LogP contribution < -0.4 is 5.32 Å². The summed E-state index contributed by atoms with van der Waals surface area (Å²) in [5, 5.41) is 8.19. The second-order valence-electron chi connectivity index (χ2n) is 8.83. The summed E-state index contributed by atoms with van der Waals surface area (Å²) in [5.41, 5.74) is 5.61. The molecule has 35 heavy (non-hydrogen) atoms. The van der Waals surface area contributed by atoms with Gasteiger partial charge in [-0.3, -0.25) is 4.79 Å². The van der Waals surface area contributed by atoms with E-state index in [2.05, 4.69) is 20.4 Å². The van der Waals surface area contributed by atoms with Crippen LogP contribution in [0.4, 0.5) is 5.82 Å². The number of benzene rings is 2. The fourth-order valence-electron chi connectivity index (χ4n) is 4.11. The molecule has 0 aliphatic heterocycles. The van der Waals surface area contributed by atoms with Gasteiger partial charge in [0, 0.05) is 28.9 Å². The fraction of sp³-hybridized carbons (Fsp3) is 0.179. The van der Waals surface area contributed by atoms with Crippen LogP contribution >= 0.6 is 0 Å². The number of hydrogen-bond donors (Lipinski definition) is 1. The minimum atomic E-state index is -0.271. The lowest BCUT2D eigenvalue weighted by atomic mass is 10.0. The second kappa shape index (κ2) is 9.10. The summed E-state index contributed by atoms with van der Waals surface area (Å²) in [5.74, 6) is 0.738. The number of carbonyl (C=O) groups is 1. The third-order valence-electron chi connectivity index (χ3n) is 5.85. The molecule has 0 unspecified atom stereocenters. The molecule has 1 amide bonds. The molecule has 0 aliphatic carbocycles. The normalized spacial score (nSPS) is 11.2. The molecule has 0 radical (unpaired) electrons. The first-order valence-electron chi connectivity index (χ1n) is 11.6. The van der Waals surface area contributed by atoms with E-state index in [0.29, 0.717) is 28.2 Å². The summed E-state index contributed by atoms with van der Waals surface area (Å²) in [6, 6.07) is 21.4. The van der Waals surface area contributed by atoms with Crippen LogP contribution in [0.15, 0.2) is 72.9 Å². The van der Waals surface area contributed by atoms with Crippen molar-refractivity contribution in [1.29, 1.82) is 0 Å². The number of nitrogens with zero attached hydrogens (tertiary/aromatic N) is 5. The Balaban J connectivity index is 1.60. The maximum atomic E-state index is 13.6. The molecule has 0 aliphatic rings. The third-order valence-corrected chi connectivity index (χ3v) is 5.85. The van der Waals surface area contributed by atoms with E-state index in [1.54, 1.807) is 12.3 Å². The van der Waals surface area contributed by atoms with Gasteiger partial charge in [-0.05, 0) is 39.3 Å².